The number of ether oxygens (including phenoxy) is 2. The normalized spacial score (nSPS) is 13.2. The second kappa shape index (κ2) is 18.1. The predicted octanol–water partition coefficient (Wildman–Crippen LogP) is 5.50. The number of carbonyl (C=O) groups is 3. The maximum absolute atomic E-state index is 13.4. The lowest BCUT2D eigenvalue weighted by Crippen LogP contribution is -2.47. The van der Waals surface area contributed by atoms with E-state index in [-0.39, 0.29) is 17.7 Å². The number of para-hydroxylation sites is 1. The number of unbranched alkanes of at least 4 members (excludes halogenated alkanes) is 2. The molecule has 3 aromatic rings. The zero-order valence-corrected chi connectivity index (χ0v) is 28.0. The monoisotopic (exact) mass is 643 g/mol. The van der Waals surface area contributed by atoms with Gasteiger partial charge in [0.1, 0.15) is 11.5 Å². The minimum atomic E-state index is -0.289. The van der Waals surface area contributed by atoms with Crippen LogP contribution in [0.15, 0.2) is 60.7 Å². The van der Waals surface area contributed by atoms with Crippen LogP contribution in [0.3, 0.4) is 0 Å². The molecular weight excluding hydrogens is 594 g/mol. The zero-order valence-electron chi connectivity index (χ0n) is 28.0. The van der Waals surface area contributed by atoms with E-state index in [4.69, 9.17) is 15.2 Å². The van der Waals surface area contributed by atoms with Crippen LogP contribution in [0.25, 0.3) is 0 Å². The molecule has 47 heavy (non-hydrogen) atoms. The van der Waals surface area contributed by atoms with Crippen molar-refractivity contribution in [3.8, 4) is 11.5 Å². The summed E-state index contributed by atoms with van der Waals surface area (Å²) in [6.07, 6.45) is 4.41. The molecule has 3 aromatic carbocycles. The van der Waals surface area contributed by atoms with Crippen molar-refractivity contribution in [3.63, 3.8) is 0 Å². The molecule has 1 aliphatic heterocycles. The Morgan fingerprint density at radius 2 is 1.49 bits per heavy atom. The fourth-order valence-electron chi connectivity index (χ4n) is 5.38. The van der Waals surface area contributed by atoms with E-state index in [0.29, 0.717) is 73.0 Å². The molecule has 0 atom stereocenters. The van der Waals surface area contributed by atoms with E-state index < -0.39 is 0 Å². The van der Waals surface area contributed by atoms with Gasteiger partial charge in [-0.05, 0) is 106 Å². The second-order valence-corrected chi connectivity index (χ2v) is 12.0. The number of rotatable bonds is 16. The molecular formula is C37H49N5O5. The van der Waals surface area contributed by atoms with Crippen LogP contribution in [0, 0.1) is 6.92 Å². The topological polar surface area (TPSA) is 126 Å². The molecule has 4 rings (SSSR count). The summed E-state index contributed by atoms with van der Waals surface area (Å²) >= 11 is 0. The Bertz CT molecular complexity index is 1500. The van der Waals surface area contributed by atoms with Crippen LogP contribution in [0.4, 0.5) is 11.4 Å². The summed E-state index contributed by atoms with van der Waals surface area (Å²) in [5.74, 6) is 0.785. The third-order valence-corrected chi connectivity index (χ3v) is 8.27. The van der Waals surface area contributed by atoms with Crippen LogP contribution >= 0.6 is 0 Å². The van der Waals surface area contributed by atoms with Crippen molar-refractivity contribution in [2.24, 2.45) is 5.73 Å². The van der Waals surface area contributed by atoms with Gasteiger partial charge in [-0.15, -0.1) is 0 Å². The van der Waals surface area contributed by atoms with Crippen molar-refractivity contribution in [1.29, 1.82) is 0 Å². The van der Waals surface area contributed by atoms with E-state index in [1.165, 1.54) is 0 Å². The zero-order chi connectivity index (χ0) is 33.6. The Hall–Kier alpha value is -4.41. The fraction of sp³-hybridized carbons (Fsp3) is 0.432. The van der Waals surface area contributed by atoms with E-state index in [1.54, 1.807) is 36.4 Å². The molecule has 1 heterocycles. The van der Waals surface area contributed by atoms with E-state index in [0.717, 1.165) is 56.6 Å². The Kier molecular flexibility index (Phi) is 13.6. The van der Waals surface area contributed by atoms with Crippen LogP contribution in [0.1, 0.15) is 70.9 Å². The molecule has 0 radical (unpaired) electrons. The summed E-state index contributed by atoms with van der Waals surface area (Å²) in [4.78, 5) is 43.2. The molecule has 10 heteroatoms. The lowest BCUT2D eigenvalue weighted by molar-refractivity contribution is -0.132. The first kappa shape index (κ1) is 35.4. The average molecular weight is 644 g/mol. The largest absolute Gasteiger partial charge is 0.493 e. The Morgan fingerprint density at radius 1 is 0.787 bits per heavy atom. The molecule has 0 unspecified atom stereocenters. The highest BCUT2D eigenvalue weighted by molar-refractivity contribution is 6.08. The number of aryl methyl sites for hydroxylation is 2. The smallest absolute Gasteiger partial charge is 0.259 e. The molecule has 4 N–H and O–H groups in total. The van der Waals surface area contributed by atoms with E-state index >= 15 is 0 Å². The number of nitrogens with one attached hydrogen (secondary N) is 2. The van der Waals surface area contributed by atoms with Gasteiger partial charge in [-0.1, -0.05) is 25.1 Å². The Balaban J connectivity index is 1.31. The van der Waals surface area contributed by atoms with Crippen LogP contribution in [-0.2, 0) is 11.2 Å². The van der Waals surface area contributed by atoms with Crippen LogP contribution in [0.5, 0.6) is 11.5 Å². The Morgan fingerprint density at radius 3 is 2.26 bits per heavy atom. The molecule has 0 aliphatic carbocycles. The molecule has 252 valence electrons. The van der Waals surface area contributed by atoms with Crippen molar-refractivity contribution < 1.29 is 23.9 Å². The van der Waals surface area contributed by atoms with E-state index in [9.17, 15) is 14.4 Å². The van der Waals surface area contributed by atoms with Gasteiger partial charge >= 0.3 is 0 Å². The summed E-state index contributed by atoms with van der Waals surface area (Å²) in [5.41, 5.74) is 9.56. The number of piperazine rings is 1. The minimum absolute atomic E-state index is 0.235. The molecule has 10 nitrogen and oxygen atoms in total. The highest BCUT2D eigenvalue weighted by Gasteiger charge is 2.19. The lowest BCUT2D eigenvalue weighted by Gasteiger charge is -2.32. The van der Waals surface area contributed by atoms with Crippen molar-refractivity contribution in [1.82, 2.24) is 9.80 Å². The van der Waals surface area contributed by atoms with Crippen molar-refractivity contribution >= 4 is 29.1 Å². The summed E-state index contributed by atoms with van der Waals surface area (Å²) in [5, 5.41) is 5.98. The van der Waals surface area contributed by atoms with E-state index in [2.05, 4.69) is 22.6 Å². The number of benzene rings is 3. The number of likely N-dealkylation sites (N-methyl/N-ethyl adjacent to an activating group) is 1. The van der Waals surface area contributed by atoms with Gasteiger partial charge in [0.15, 0.2) is 0 Å². The molecule has 1 aliphatic rings. The number of carbonyl (C=O) groups excluding carboxylic acids is 3. The molecule has 0 aromatic heterocycles. The number of anilines is 2. The minimum Gasteiger partial charge on any atom is -0.493 e. The maximum atomic E-state index is 13.4. The van der Waals surface area contributed by atoms with Gasteiger partial charge in [-0.2, -0.15) is 0 Å². The number of nitrogens with two attached hydrogens (primary N) is 1. The molecule has 0 saturated carbocycles. The van der Waals surface area contributed by atoms with E-state index in [1.807, 2.05) is 43.0 Å². The summed E-state index contributed by atoms with van der Waals surface area (Å²) in [6, 6.07) is 18.0. The quantitative estimate of drug-likeness (QED) is 0.176. The maximum Gasteiger partial charge on any atom is 0.259 e. The van der Waals surface area contributed by atoms with Crippen molar-refractivity contribution in [2.45, 2.75) is 52.4 Å². The predicted molar refractivity (Wildman–Crippen MR) is 187 cm³/mol. The molecule has 0 bridgehead atoms. The molecule has 1 fully saturated rings. The van der Waals surface area contributed by atoms with Crippen LogP contribution in [-0.4, -0.2) is 80.5 Å². The third kappa shape index (κ3) is 10.6. The number of amides is 3. The Labute approximate surface area is 278 Å². The highest BCUT2D eigenvalue weighted by atomic mass is 16.5. The summed E-state index contributed by atoms with van der Waals surface area (Å²) in [6.45, 7) is 8.86. The third-order valence-electron chi connectivity index (χ3n) is 8.27. The van der Waals surface area contributed by atoms with Crippen molar-refractivity contribution in [3.05, 3.63) is 82.9 Å². The lowest BCUT2D eigenvalue weighted by atomic mass is 10.0. The number of nitrogens with zero attached hydrogens (tertiary/aromatic N) is 2. The van der Waals surface area contributed by atoms with Crippen molar-refractivity contribution in [2.75, 3.05) is 63.6 Å². The molecule has 3 amide bonds. The van der Waals surface area contributed by atoms with Crippen LogP contribution < -0.4 is 25.8 Å². The first-order valence-electron chi connectivity index (χ1n) is 16.7. The average Bonchev–Trinajstić information content (AvgIpc) is 3.08. The number of hydrogen-bond donors (Lipinski definition) is 3. The number of hydrogen-bond acceptors (Lipinski definition) is 7. The van der Waals surface area contributed by atoms with Gasteiger partial charge in [-0.25, -0.2) is 0 Å². The van der Waals surface area contributed by atoms with Gasteiger partial charge in [-0.3, -0.25) is 14.4 Å². The summed E-state index contributed by atoms with van der Waals surface area (Å²) < 4.78 is 11.9. The highest BCUT2D eigenvalue weighted by Crippen LogP contribution is 2.28. The first-order valence-corrected chi connectivity index (χ1v) is 16.7. The summed E-state index contributed by atoms with van der Waals surface area (Å²) in [7, 11) is 2.08. The molecule has 1 saturated heterocycles. The van der Waals surface area contributed by atoms with Gasteiger partial charge < -0.3 is 35.6 Å². The standard InChI is InChI=1S/C37H49N5O5/c1-4-28-26-29(15-17-31(28)39-37(45)30-11-7-8-12-33(30)46-24-10-18-38)36(44)40-32-16-14-27(2)25-34(32)47-23-9-5-6-13-35(43)42-21-19-41(3)20-22-42/h7-8,11-12,14-17,25-26H,4-6,9-10,13,18-24,38H2,1-3H3,(H,39,45)(H,40,44). The molecule has 0 spiro atoms. The van der Waals surface area contributed by atoms with Gasteiger partial charge in [0, 0.05) is 43.9 Å². The van der Waals surface area contributed by atoms with Gasteiger partial charge in [0.05, 0.1) is 24.5 Å². The fourth-order valence-corrected chi connectivity index (χ4v) is 5.38. The van der Waals surface area contributed by atoms with Crippen LogP contribution in [0.2, 0.25) is 0 Å². The van der Waals surface area contributed by atoms with Gasteiger partial charge in [0.25, 0.3) is 11.8 Å². The van der Waals surface area contributed by atoms with Gasteiger partial charge in [0.2, 0.25) is 5.91 Å². The first-order chi connectivity index (χ1) is 22.8. The SMILES string of the molecule is CCc1cc(C(=O)Nc2ccc(C)cc2OCCCCCC(=O)N2CCN(C)CC2)ccc1NC(=O)c1ccccc1OCCCN. The second-order valence-electron chi connectivity index (χ2n) is 12.0.